The first-order chi connectivity index (χ1) is 13.8. The SMILES string of the molecule is C.C.CC(C)Oc1ccc(CCC(=O)O)cc1.CC(C)Oc1ccc(CCCO)cc1.[AlH3].[H-].[Li+]. The standard InChI is InChI=1S/C12H16O3.C12H18O2.2CH4.Al.Li.4H/c1-9(2)15-11-6-3-10(4-7-11)5-8-12(13)14;1-10(2)14-12-7-5-11(6-8-12)4-3-9-13;;;;;;;;/h3-4,6-7,9H,5,8H2,1-2H3,(H,13,14);5-8,10,13H,3-4,9H2,1-2H3;2*1H4;;;;;;/q;;;;;+1;;;;-1. The normalized spacial score (nSPS) is 9.18. The largest absolute Gasteiger partial charge is 1.00 e. The average molecular weight is 473 g/mol. The molecule has 0 bridgehead atoms. The fourth-order valence-electron chi connectivity index (χ4n) is 2.55. The summed E-state index contributed by atoms with van der Waals surface area (Å²) in [5.41, 5.74) is 2.27. The van der Waals surface area contributed by atoms with Gasteiger partial charge in [-0.1, -0.05) is 39.1 Å². The van der Waals surface area contributed by atoms with Gasteiger partial charge in [0.25, 0.3) is 0 Å². The fourth-order valence-corrected chi connectivity index (χ4v) is 2.55. The number of aryl methyl sites for hydroxylation is 2. The Labute approximate surface area is 225 Å². The Bertz CT molecular complexity index is 710. The third-order valence-corrected chi connectivity index (χ3v) is 3.84. The maximum atomic E-state index is 10.4. The monoisotopic (exact) mass is 472 g/mol. The van der Waals surface area contributed by atoms with Gasteiger partial charge in [-0.15, -0.1) is 0 Å². The molecule has 0 radical (unpaired) electrons. The number of carboxylic acid groups (broad SMARTS) is 1. The van der Waals surface area contributed by atoms with Crippen molar-refractivity contribution in [3.05, 3.63) is 59.7 Å². The van der Waals surface area contributed by atoms with Crippen molar-refractivity contribution in [1.82, 2.24) is 0 Å². The molecule has 0 aliphatic heterocycles. The molecule has 0 heterocycles. The van der Waals surface area contributed by atoms with Crippen LogP contribution in [0.3, 0.4) is 0 Å². The van der Waals surface area contributed by atoms with Gasteiger partial charge >= 0.3 is 24.8 Å². The van der Waals surface area contributed by atoms with Gasteiger partial charge < -0.3 is 21.1 Å². The van der Waals surface area contributed by atoms with E-state index in [4.69, 9.17) is 19.7 Å². The predicted octanol–water partition coefficient (Wildman–Crippen LogP) is 2.09. The molecule has 2 N–H and O–H groups in total. The van der Waals surface area contributed by atoms with Crippen molar-refractivity contribution < 1.29 is 44.8 Å². The van der Waals surface area contributed by atoms with Gasteiger partial charge in [0.05, 0.1) is 12.2 Å². The average Bonchev–Trinajstić information content (AvgIpc) is 2.66. The van der Waals surface area contributed by atoms with Gasteiger partial charge in [-0.25, -0.2) is 0 Å². The number of hydrogen-bond donors (Lipinski definition) is 2. The number of benzene rings is 2. The van der Waals surface area contributed by atoms with Crippen LogP contribution in [-0.4, -0.2) is 52.4 Å². The van der Waals surface area contributed by atoms with Gasteiger partial charge in [-0.2, -0.15) is 0 Å². The third kappa shape index (κ3) is 19.7. The van der Waals surface area contributed by atoms with Gasteiger partial charge in [-0.3, -0.25) is 4.79 Å². The van der Waals surface area contributed by atoms with Gasteiger partial charge in [-0.05, 0) is 82.3 Å². The van der Waals surface area contributed by atoms with Crippen LogP contribution in [0, 0.1) is 0 Å². The zero-order chi connectivity index (χ0) is 21.6. The smallest absolute Gasteiger partial charge is 1.00 e. The van der Waals surface area contributed by atoms with Gasteiger partial charge in [0, 0.05) is 13.0 Å². The molecule has 184 valence electrons. The summed E-state index contributed by atoms with van der Waals surface area (Å²) in [7, 11) is 0. The second kappa shape index (κ2) is 22.4. The number of ether oxygens (including phenoxy) is 2. The molecule has 0 fully saturated rings. The van der Waals surface area contributed by atoms with E-state index in [1.54, 1.807) is 0 Å². The van der Waals surface area contributed by atoms with Gasteiger partial charge in [0.2, 0.25) is 0 Å². The van der Waals surface area contributed by atoms with Crippen LogP contribution >= 0.6 is 0 Å². The summed E-state index contributed by atoms with van der Waals surface area (Å²) in [5.74, 6) is 0.967. The van der Waals surface area contributed by atoms with Crippen molar-refractivity contribution in [2.45, 2.75) is 80.4 Å². The second-order valence-corrected chi connectivity index (χ2v) is 7.34. The number of hydrogen-bond acceptors (Lipinski definition) is 4. The zero-order valence-electron chi connectivity index (χ0n) is 19.9. The summed E-state index contributed by atoms with van der Waals surface area (Å²) in [5, 5.41) is 17.2. The molecule has 0 unspecified atom stereocenters. The van der Waals surface area contributed by atoms with Crippen molar-refractivity contribution in [2.75, 3.05) is 6.61 Å². The van der Waals surface area contributed by atoms with E-state index in [1.807, 2.05) is 76.2 Å². The summed E-state index contributed by atoms with van der Waals surface area (Å²) >= 11 is 0. The van der Waals surface area contributed by atoms with Crippen molar-refractivity contribution in [1.29, 1.82) is 0 Å². The predicted molar refractivity (Wildman–Crippen MR) is 140 cm³/mol. The summed E-state index contributed by atoms with van der Waals surface area (Å²) in [6.07, 6.45) is 2.87. The fraction of sp³-hybridized carbons (Fsp3) is 0.500. The molecule has 2 aromatic rings. The maximum Gasteiger partial charge on any atom is 1.00 e. The van der Waals surface area contributed by atoms with Gasteiger partial charge in [0.15, 0.2) is 17.4 Å². The minimum absolute atomic E-state index is 0. The number of aliphatic hydroxyl groups excluding tert-OH is 1. The van der Waals surface area contributed by atoms with Crippen LogP contribution < -0.4 is 28.3 Å². The first kappa shape index (κ1) is 38.8. The molecule has 0 atom stereocenters. The van der Waals surface area contributed by atoms with Crippen LogP contribution in [0.25, 0.3) is 0 Å². The third-order valence-electron chi connectivity index (χ3n) is 3.84. The van der Waals surface area contributed by atoms with Crippen LogP contribution in [0.4, 0.5) is 0 Å². The molecule has 5 nitrogen and oxygen atoms in total. The van der Waals surface area contributed by atoms with Crippen LogP contribution in [0.2, 0.25) is 0 Å². The summed E-state index contributed by atoms with van der Waals surface area (Å²) in [6.45, 7) is 8.22. The molecule has 0 saturated heterocycles. The molecule has 0 amide bonds. The maximum absolute atomic E-state index is 10.4. The number of carbonyl (C=O) groups is 1. The molecule has 0 aromatic heterocycles. The molecule has 0 saturated carbocycles. The summed E-state index contributed by atoms with van der Waals surface area (Å²) < 4.78 is 11.0. The number of rotatable bonds is 10. The first-order valence-corrected chi connectivity index (χ1v) is 10.1. The van der Waals surface area contributed by atoms with E-state index in [0.717, 1.165) is 29.9 Å². The van der Waals surface area contributed by atoms with Crippen LogP contribution in [-0.2, 0) is 17.6 Å². The first-order valence-electron chi connectivity index (χ1n) is 10.1. The molecule has 2 rings (SSSR count). The van der Waals surface area contributed by atoms with E-state index < -0.39 is 5.97 Å². The quantitative estimate of drug-likeness (QED) is 0.518. The molecule has 0 spiro atoms. The molecule has 7 heteroatoms. The Hall–Kier alpha value is -1.40. The topological polar surface area (TPSA) is 76.0 Å². The Kier molecular flexibility index (Phi) is 26.4. The van der Waals surface area contributed by atoms with E-state index in [-0.39, 0.29) is 77.7 Å². The second-order valence-electron chi connectivity index (χ2n) is 7.34. The van der Waals surface area contributed by atoms with Crippen LogP contribution in [0.15, 0.2) is 48.5 Å². The van der Waals surface area contributed by atoms with Crippen molar-refractivity contribution in [3.8, 4) is 11.5 Å². The summed E-state index contributed by atoms with van der Waals surface area (Å²) in [6, 6.07) is 15.6. The minimum Gasteiger partial charge on any atom is -1.00 e. The van der Waals surface area contributed by atoms with Crippen LogP contribution in [0.5, 0.6) is 11.5 Å². The molecular formula is C26H46AlLiO5. The van der Waals surface area contributed by atoms with Crippen molar-refractivity contribution in [3.63, 3.8) is 0 Å². The Morgan fingerprint density at radius 2 is 1.18 bits per heavy atom. The zero-order valence-corrected chi connectivity index (χ0v) is 18.9. The van der Waals surface area contributed by atoms with Crippen LogP contribution in [0.1, 0.15) is 67.9 Å². The minimum atomic E-state index is -0.766. The summed E-state index contributed by atoms with van der Waals surface area (Å²) in [4.78, 5) is 10.4. The Balaban J connectivity index is -0.000000144. The van der Waals surface area contributed by atoms with E-state index in [2.05, 4.69) is 0 Å². The number of aliphatic hydroxyl groups is 1. The number of carboxylic acids is 1. The molecule has 2 aromatic carbocycles. The van der Waals surface area contributed by atoms with E-state index in [1.165, 1.54) is 5.56 Å². The molecule has 0 aliphatic carbocycles. The Morgan fingerprint density at radius 3 is 1.48 bits per heavy atom. The van der Waals surface area contributed by atoms with E-state index in [0.29, 0.717) is 6.42 Å². The molecular weight excluding hydrogens is 426 g/mol. The molecule has 33 heavy (non-hydrogen) atoms. The van der Waals surface area contributed by atoms with E-state index in [9.17, 15) is 4.79 Å². The van der Waals surface area contributed by atoms with Crippen molar-refractivity contribution in [2.24, 2.45) is 0 Å². The Morgan fingerprint density at radius 1 is 0.818 bits per heavy atom. The number of aliphatic carboxylic acids is 1. The molecule has 0 aliphatic rings. The van der Waals surface area contributed by atoms with Crippen molar-refractivity contribution >= 4 is 23.3 Å². The van der Waals surface area contributed by atoms with Gasteiger partial charge in [0.1, 0.15) is 11.5 Å². The van der Waals surface area contributed by atoms with E-state index >= 15 is 0 Å².